The number of aromatic hydroxyl groups is 2. The molecule has 7 heteroatoms. The first-order valence-electron chi connectivity index (χ1n) is 8.79. The Morgan fingerprint density at radius 3 is 2.37 bits per heavy atom. The van der Waals surface area contributed by atoms with Crippen LogP contribution in [-0.4, -0.2) is 46.3 Å². The first-order chi connectivity index (χ1) is 13.0. The van der Waals surface area contributed by atoms with E-state index in [1.165, 1.54) is 18.2 Å². The Bertz CT molecular complexity index is 764. The number of unbranched alkanes of at least 4 members (excludes halogenated alkanes) is 1. The minimum Gasteiger partial charge on any atom is -0.504 e. The summed E-state index contributed by atoms with van der Waals surface area (Å²) in [6.07, 6.45) is 1.90. The highest BCUT2D eigenvalue weighted by molar-refractivity contribution is 5.97. The summed E-state index contributed by atoms with van der Waals surface area (Å²) in [5.41, 5.74) is 0.549. The summed E-state index contributed by atoms with van der Waals surface area (Å²) >= 11 is 0. The third kappa shape index (κ3) is 6.00. The van der Waals surface area contributed by atoms with Gasteiger partial charge in [-0.25, -0.2) is 0 Å². The van der Waals surface area contributed by atoms with Crippen molar-refractivity contribution in [3.63, 3.8) is 0 Å². The molecular weight excluding hydrogens is 348 g/mol. The van der Waals surface area contributed by atoms with Crippen LogP contribution in [0.5, 0.6) is 11.5 Å². The first kappa shape index (κ1) is 20.3. The summed E-state index contributed by atoms with van der Waals surface area (Å²) in [6, 6.07) is 12.6. The third-order valence-electron chi connectivity index (χ3n) is 4.12. The quantitative estimate of drug-likeness (QED) is 0.340. The maximum absolute atomic E-state index is 12.2. The minimum atomic E-state index is -0.570. The second kappa shape index (κ2) is 10.2. The lowest BCUT2D eigenvalue weighted by Gasteiger charge is -2.17. The molecule has 2 aromatic rings. The molecule has 1 unspecified atom stereocenters. The summed E-state index contributed by atoms with van der Waals surface area (Å²) in [6.45, 7) is 0.245. The van der Waals surface area contributed by atoms with E-state index in [0.717, 1.165) is 0 Å². The number of aliphatic hydroxyl groups excluding tert-OH is 1. The van der Waals surface area contributed by atoms with Crippen molar-refractivity contribution in [2.24, 2.45) is 0 Å². The van der Waals surface area contributed by atoms with E-state index in [-0.39, 0.29) is 23.8 Å². The summed E-state index contributed by atoms with van der Waals surface area (Å²) in [4.78, 5) is 24.1. The number of hydrogen-bond donors (Lipinski definition) is 5. The maximum Gasteiger partial charge on any atom is 0.255 e. The molecular formula is C20H24N2O5. The highest BCUT2D eigenvalue weighted by Gasteiger charge is 2.17. The first-order valence-corrected chi connectivity index (χ1v) is 8.79. The van der Waals surface area contributed by atoms with Gasteiger partial charge in [0.25, 0.3) is 11.8 Å². The van der Waals surface area contributed by atoms with Gasteiger partial charge >= 0.3 is 0 Å². The molecule has 0 fully saturated rings. The number of aliphatic hydroxyl groups is 1. The summed E-state index contributed by atoms with van der Waals surface area (Å²) in [7, 11) is 0. The number of benzene rings is 2. The summed E-state index contributed by atoms with van der Waals surface area (Å²) in [5.74, 6) is -1.57. The van der Waals surface area contributed by atoms with E-state index in [9.17, 15) is 24.9 Å². The normalized spacial score (nSPS) is 11.6. The fourth-order valence-corrected chi connectivity index (χ4v) is 2.60. The van der Waals surface area contributed by atoms with Crippen molar-refractivity contribution in [1.29, 1.82) is 0 Å². The van der Waals surface area contributed by atoms with Gasteiger partial charge < -0.3 is 26.0 Å². The van der Waals surface area contributed by atoms with Gasteiger partial charge in [0.15, 0.2) is 11.5 Å². The molecule has 0 aliphatic carbocycles. The number of phenolic OH excluding ortho intramolecular Hbond substituents is 2. The molecule has 0 saturated carbocycles. The Balaban J connectivity index is 1.73. The minimum absolute atomic E-state index is 0.0522. The van der Waals surface area contributed by atoms with Gasteiger partial charge in [-0.05, 0) is 43.5 Å². The summed E-state index contributed by atoms with van der Waals surface area (Å²) < 4.78 is 0. The number of hydrogen-bond acceptors (Lipinski definition) is 5. The molecule has 2 aromatic carbocycles. The topological polar surface area (TPSA) is 119 Å². The second-order valence-electron chi connectivity index (χ2n) is 6.14. The number of amides is 2. The zero-order valence-corrected chi connectivity index (χ0v) is 14.9. The molecule has 144 valence electrons. The highest BCUT2D eigenvalue weighted by atomic mass is 16.3. The van der Waals surface area contributed by atoms with Crippen molar-refractivity contribution in [3.8, 4) is 11.5 Å². The van der Waals surface area contributed by atoms with Gasteiger partial charge in [0.2, 0.25) is 0 Å². The average Bonchev–Trinajstić information content (AvgIpc) is 2.69. The van der Waals surface area contributed by atoms with E-state index >= 15 is 0 Å². The lowest BCUT2D eigenvalue weighted by atomic mass is 10.1. The van der Waals surface area contributed by atoms with Crippen molar-refractivity contribution in [3.05, 3.63) is 59.7 Å². The van der Waals surface area contributed by atoms with Crippen LogP contribution in [0.1, 0.15) is 40.0 Å². The van der Waals surface area contributed by atoms with Crippen LogP contribution in [0.15, 0.2) is 48.5 Å². The molecule has 7 nitrogen and oxygen atoms in total. The molecule has 0 saturated heterocycles. The molecule has 0 aromatic heterocycles. The van der Waals surface area contributed by atoms with Gasteiger partial charge in [-0.2, -0.15) is 0 Å². The average molecular weight is 372 g/mol. The Morgan fingerprint density at radius 2 is 1.67 bits per heavy atom. The van der Waals surface area contributed by atoms with Crippen LogP contribution in [0.2, 0.25) is 0 Å². The number of carbonyl (C=O) groups is 2. The predicted molar refractivity (Wildman–Crippen MR) is 101 cm³/mol. The van der Waals surface area contributed by atoms with Crippen LogP contribution >= 0.6 is 0 Å². The molecule has 0 heterocycles. The lowest BCUT2D eigenvalue weighted by Crippen LogP contribution is -2.37. The van der Waals surface area contributed by atoms with Gasteiger partial charge in [0, 0.05) is 12.1 Å². The van der Waals surface area contributed by atoms with Crippen LogP contribution in [0, 0.1) is 0 Å². The van der Waals surface area contributed by atoms with Crippen molar-refractivity contribution in [2.45, 2.75) is 25.3 Å². The molecule has 0 aliphatic rings. The molecule has 2 amide bonds. The molecule has 0 aliphatic heterocycles. The molecule has 0 spiro atoms. The number of rotatable bonds is 9. The fraction of sp³-hybridized carbons (Fsp3) is 0.300. The smallest absolute Gasteiger partial charge is 0.255 e. The SMILES string of the molecule is O=C(NCCCCC(CO)NC(=O)c1cccc(O)c1O)c1ccccc1. The molecule has 5 N–H and O–H groups in total. The summed E-state index contributed by atoms with van der Waals surface area (Å²) in [5, 5.41) is 34.1. The molecule has 1 atom stereocenters. The molecule has 0 bridgehead atoms. The van der Waals surface area contributed by atoms with E-state index in [1.807, 2.05) is 6.07 Å². The molecule has 2 rings (SSSR count). The Hall–Kier alpha value is -3.06. The largest absolute Gasteiger partial charge is 0.504 e. The number of para-hydroxylation sites is 1. The second-order valence-corrected chi connectivity index (χ2v) is 6.14. The van der Waals surface area contributed by atoms with E-state index < -0.39 is 17.7 Å². The number of carbonyl (C=O) groups excluding carboxylic acids is 2. The monoisotopic (exact) mass is 372 g/mol. The van der Waals surface area contributed by atoms with Crippen LogP contribution < -0.4 is 10.6 Å². The number of phenols is 2. The third-order valence-corrected chi connectivity index (χ3v) is 4.12. The zero-order chi connectivity index (χ0) is 19.6. The Labute approximate surface area is 157 Å². The Kier molecular flexibility index (Phi) is 7.63. The van der Waals surface area contributed by atoms with Crippen LogP contribution in [0.3, 0.4) is 0 Å². The van der Waals surface area contributed by atoms with Crippen LogP contribution in [0.4, 0.5) is 0 Å². The Morgan fingerprint density at radius 1 is 0.926 bits per heavy atom. The standard InChI is InChI=1S/C20H24N2O5/c23-13-15(22-20(27)16-10-6-11-17(24)18(16)25)9-4-5-12-21-19(26)14-7-2-1-3-8-14/h1-3,6-8,10-11,15,23-25H,4-5,9,12-13H2,(H,21,26)(H,22,27). The van der Waals surface area contributed by atoms with Crippen molar-refractivity contribution < 1.29 is 24.9 Å². The zero-order valence-electron chi connectivity index (χ0n) is 14.9. The van der Waals surface area contributed by atoms with Crippen LogP contribution in [-0.2, 0) is 0 Å². The van der Waals surface area contributed by atoms with Crippen molar-refractivity contribution in [1.82, 2.24) is 10.6 Å². The van der Waals surface area contributed by atoms with Gasteiger partial charge in [0.05, 0.1) is 18.2 Å². The van der Waals surface area contributed by atoms with Gasteiger partial charge in [-0.1, -0.05) is 24.3 Å². The van der Waals surface area contributed by atoms with E-state index in [1.54, 1.807) is 24.3 Å². The number of nitrogens with one attached hydrogen (secondary N) is 2. The fourth-order valence-electron chi connectivity index (χ4n) is 2.60. The van der Waals surface area contributed by atoms with Gasteiger partial charge in [-0.3, -0.25) is 9.59 Å². The van der Waals surface area contributed by atoms with E-state index in [2.05, 4.69) is 10.6 Å². The molecule has 0 radical (unpaired) electrons. The van der Waals surface area contributed by atoms with Gasteiger partial charge in [-0.15, -0.1) is 0 Å². The molecule has 27 heavy (non-hydrogen) atoms. The lowest BCUT2D eigenvalue weighted by molar-refractivity contribution is 0.0908. The van der Waals surface area contributed by atoms with Crippen molar-refractivity contribution >= 4 is 11.8 Å². The van der Waals surface area contributed by atoms with E-state index in [4.69, 9.17) is 0 Å². The van der Waals surface area contributed by atoms with Gasteiger partial charge in [0.1, 0.15) is 0 Å². The maximum atomic E-state index is 12.2. The van der Waals surface area contributed by atoms with Crippen LogP contribution in [0.25, 0.3) is 0 Å². The predicted octanol–water partition coefficient (Wildman–Crippen LogP) is 1.79. The highest BCUT2D eigenvalue weighted by Crippen LogP contribution is 2.28. The van der Waals surface area contributed by atoms with Crippen molar-refractivity contribution in [2.75, 3.05) is 13.2 Å². The van der Waals surface area contributed by atoms with E-state index in [0.29, 0.717) is 31.4 Å².